The minimum absolute atomic E-state index is 0.138. The molecule has 0 spiro atoms. The highest BCUT2D eigenvalue weighted by molar-refractivity contribution is 5.91. The molecule has 0 aliphatic heterocycles. The van der Waals surface area contributed by atoms with Crippen molar-refractivity contribution in [2.24, 2.45) is 0 Å². The Morgan fingerprint density at radius 1 is 1.19 bits per heavy atom. The fourth-order valence-corrected chi connectivity index (χ4v) is 1.88. The van der Waals surface area contributed by atoms with Crippen molar-refractivity contribution in [2.75, 3.05) is 17.7 Å². The number of nitrogens with two attached hydrogens (primary N) is 1. The van der Waals surface area contributed by atoms with E-state index in [1.54, 1.807) is 6.07 Å². The molecule has 0 saturated carbocycles. The largest absolute Gasteiger partial charge is 0.483 e. The van der Waals surface area contributed by atoms with Gasteiger partial charge in [-0.05, 0) is 49.2 Å². The van der Waals surface area contributed by atoms with Gasteiger partial charge in [0.05, 0.1) is 0 Å². The molecule has 0 radical (unpaired) electrons. The molecule has 0 heterocycles. The lowest BCUT2D eigenvalue weighted by molar-refractivity contribution is -0.118. The first-order chi connectivity index (χ1) is 9.95. The zero-order chi connectivity index (χ0) is 15.4. The zero-order valence-electron chi connectivity index (χ0n) is 11.9. The van der Waals surface area contributed by atoms with Gasteiger partial charge in [0.15, 0.2) is 6.61 Å². The number of nitrogen functional groups attached to an aromatic ring is 1. The van der Waals surface area contributed by atoms with Crippen LogP contribution in [0.1, 0.15) is 11.1 Å². The summed E-state index contributed by atoms with van der Waals surface area (Å²) in [6.45, 7) is 3.66. The molecule has 1 amide bonds. The highest BCUT2D eigenvalue weighted by Gasteiger charge is 2.07. The summed E-state index contributed by atoms with van der Waals surface area (Å²) >= 11 is 0. The zero-order valence-corrected chi connectivity index (χ0v) is 11.9. The van der Waals surface area contributed by atoms with Crippen molar-refractivity contribution in [3.63, 3.8) is 0 Å². The smallest absolute Gasteiger partial charge is 0.262 e. The third-order valence-corrected chi connectivity index (χ3v) is 3.05. The Bertz CT molecular complexity index is 654. The van der Waals surface area contributed by atoms with E-state index < -0.39 is 0 Å². The molecule has 0 aliphatic rings. The number of anilines is 2. The Labute approximate surface area is 122 Å². The van der Waals surface area contributed by atoms with Crippen LogP contribution in [-0.4, -0.2) is 12.5 Å². The lowest BCUT2D eigenvalue weighted by Gasteiger charge is -2.11. The van der Waals surface area contributed by atoms with E-state index in [2.05, 4.69) is 5.32 Å². The van der Waals surface area contributed by atoms with Crippen LogP contribution in [0.3, 0.4) is 0 Å². The lowest BCUT2D eigenvalue weighted by atomic mass is 10.1. The molecule has 110 valence electrons. The molecule has 0 saturated heterocycles. The standard InChI is InChI=1S/C16H17FN2O2/c1-10-7-11(2)15(8-14(10)18)21-9-16(20)19-13-5-3-12(17)4-6-13/h3-8H,9,18H2,1-2H3,(H,19,20). The number of aryl methyl sites for hydroxylation is 2. The molecule has 3 N–H and O–H groups in total. The van der Waals surface area contributed by atoms with Crippen LogP contribution in [0.2, 0.25) is 0 Å². The summed E-state index contributed by atoms with van der Waals surface area (Å²) in [4.78, 5) is 11.8. The van der Waals surface area contributed by atoms with Crippen LogP contribution >= 0.6 is 0 Å². The third-order valence-electron chi connectivity index (χ3n) is 3.05. The summed E-state index contributed by atoms with van der Waals surface area (Å²) in [5, 5.41) is 2.62. The molecule has 2 aromatic rings. The van der Waals surface area contributed by atoms with E-state index in [0.29, 0.717) is 17.1 Å². The fraction of sp³-hybridized carbons (Fsp3) is 0.188. The SMILES string of the molecule is Cc1cc(C)c(OCC(=O)Nc2ccc(F)cc2)cc1N. The first-order valence-corrected chi connectivity index (χ1v) is 6.50. The number of carbonyl (C=O) groups excluding carboxylic acids is 1. The van der Waals surface area contributed by atoms with Gasteiger partial charge in [0.25, 0.3) is 5.91 Å². The molecule has 5 heteroatoms. The summed E-state index contributed by atoms with van der Waals surface area (Å²) in [5.41, 5.74) is 8.84. The fourth-order valence-electron chi connectivity index (χ4n) is 1.88. The number of hydrogen-bond donors (Lipinski definition) is 2. The van der Waals surface area contributed by atoms with Gasteiger partial charge in [-0.15, -0.1) is 0 Å². The lowest BCUT2D eigenvalue weighted by Crippen LogP contribution is -2.20. The van der Waals surface area contributed by atoms with Crippen molar-refractivity contribution in [3.05, 3.63) is 53.3 Å². The van der Waals surface area contributed by atoms with Crippen LogP contribution in [0.4, 0.5) is 15.8 Å². The Balaban J connectivity index is 1.95. The van der Waals surface area contributed by atoms with Gasteiger partial charge in [-0.25, -0.2) is 4.39 Å². The van der Waals surface area contributed by atoms with E-state index in [1.807, 2.05) is 19.9 Å². The third kappa shape index (κ3) is 3.95. The highest BCUT2D eigenvalue weighted by atomic mass is 19.1. The number of nitrogens with one attached hydrogen (secondary N) is 1. The second kappa shape index (κ2) is 6.26. The van der Waals surface area contributed by atoms with E-state index >= 15 is 0 Å². The highest BCUT2D eigenvalue weighted by Crippen LogP contribution is 2.24. The maximum Gasteiger partial charge on any atom is 0.262 e. The number of carbonyl (C=O) groups is 1. The quantitative estimate of drug-likeness (QED) is 0.850. The molecular weight excluding hydrogens is 271 g/mol. The van der Waals surface area contributed by atoms with Crippen molar-refractivity contribution < 1.29 is 13.9 Å². The van der Waals surface area contributed by atoms with Gasteiger partial charge in [-0.2, -0.15) is 0 Å². The molecule has 0 fully saturated rings. The van der Waals surface area contributed by atoms with Crippen molar-refractivity contribution >= 4 is 17.3 Å². The monoisotopic (exact) mass is 288 g/mol. The summed E-state index contributed by atoms with van der Waals surface area (Å²) < 4.78 is 18.2. The van der Waals surface area contributed by atoms with Crippen LogP contribution in [0.25, 0.3) is 0 Å². The van der Waals surface area contributed by atoms with Crippen molar-refractivity contribution in [2.45, 2.75) is 13.8 Å². The minimum Gasteiger partial charge on any atom is -0.483 e. The second-order valence-electron chi connectivity index (χ2n) is 4.82. The number of ether oxygens (including phenoxy) is 1. The number of rotatable bonds is 4. The summed E-state index contributed by atoms with van der Waals surface area (Å²) in [6.07, 6.45) is 0. The van der Waals surface area contributed by atoms with Gasteiger partial charge in [-0.3, -0.25) is 4.79 Å². The molecule has 0 aromatic heterocycles. The molecule has 4 nitrogen and oxygen atoms in total. The van der Waals surface area contributed by atoms with E-state index in [0.717, 1.165) is 11.1 Å². The predicted octanol–water partition coefficient (Wildman–Crippen LogP) is 3.04. The average Bonchev–Trinajstić information content (AvgIpc) is 2.44. The molecule has 0 unspecified atom stereocenters. The molecular formula is C16H17FN2O2. The molecule has 0 atom stereocenters. The maximum atomic E-state index is 12.8. The van der Waals surface area contributed by atoms with Crippen LogP contribution < -0.4 is 15.8 Å². The summed E-state index contributed by atoms with van der Waals surface area (Å²) in [6, 6.07) is 9.14. The summed E-state index contributed by atoms with van der Waals surface area (Å²) in [7, 11) is 0. The van der Waals surface area contributed by atoms with E-state index in [9.17, 15) is 9.18 Å². The van der Waals surface area contributed by atoms with Gasteiger partial charge in [0.2, 0.25) is 0 Å². The molecule has 2 aromatic carbocycles. The van der Waals surface area contributed by atoms with Gasteiger partial charge >= 0.3 is 0 Å². The second-order valence-corrected chi connectivity index (χ2v) is 4.82. The Morgan fingerprint density at radius 2 is 1.86 bits per heavy atom. The number of amides is 1. The van der Waals surface area contributed by atoms with Crippen molar-refractivity contribution in [3.8, 4) is 5.75 Å². The Hall–Kier alpha value is -2.56. The minimum atomic E-state index is -0.352. The topological polar surface area (TPSA) is 64.3 Å². The number of benzene rings is 2. The van der Waals surface area contributed by atoms with E-state index in [-0.39, 0.29) is 18.3 Å². The number of hydrogen-bond acceptors (Lipinski definition) is 3. The van der Waals surface area contributed by atoms with Crippen molar-refractivity contribution in [1.29, 1.82) is 0 Å². The Kier molecular flexibility index (Phi) is 4.42. The van der Waals surface area contributed by atoms with Crippen molar-refractivity contribution in [1.82, 2.24) is 0 Å². The first kappa shape index (κ1) is 14.8. The summed E-state index contributed by atoms with van der Waals surface area (Å²) in [5.74, 6) is -0.0949. The molecule has 0 aliphatic carbocycles. The van der Waals surface area contributed by atoms with Gasteiger partial charge in [0.1, 0.15) is 11.6 Å². The molecule has 21 heavy (non-hydrogen) atoms. The van der Waals surface area contributed by atoms with Crippen LogP contribution in [0.15, 0.2) is 36.4 Å². The maximum absolute atomic E-state index is 12.8. The van der Waals surface area contributed by atoms with E-state index in [4.69, 9.17) is 10.5 Å². The predicted molar refractivity (Wildman–Crippen MR) is 80.9 cm³/mol. The van der Waals surface area contributed by atoms with Crippen LogP contribution in [-0.2, 0) is 4.79 Å². The normalized spacial score (nSPS) is 10.2. The molecule has 2 rings (SSSR count). The molecule has 0 bridgehead atoms. The van der Waals surface area contributed by atoms with Crippen LogP contribution in [0.5, 0.6) is 5.75 Å². The van der Waals surface area contributed by atoms with Gasteiger partial charge < -0.3 is 15.8 Å². The number of halogens is 1. The average molecular weight is 288 g/mol. The van der Waals surface area contributed by atoms with Crippen LogP contribution in [0, 0.1) is 19.7 Å². The first-order valence-electron chi connectivity index (χ1n) is 6.50. The van der Waals surface area contributed by atoms with E-state index in [1.165, 1.54) is 24.3 Å². The Morgan fingerprint density at radius 3 is 2.52 bits per heavy atom. The van der Waals surface area contributed by atoms with Gasteiger partial charge in [0, 0.05) is 17.4 Å². The van der Waals surface area contributed by atoms with Gasteiger partial charge in [-0.1, -0.05) is 6.07 Å².